The number of hydrogen-bond donors (Lipinski definition) is 1. The Morgan fingerprint density at radius 2 is 1.72 bits per heavy atom. The van der Waals surface area contributed by atoms with Gasteiger partial charge in [-0.15, -0.1) is 11.3 Å². The number of benzene rings is 2. The minimum Gasteiger partial charge on any atom is -0.503 e. The monoisotopic (exact) mass is 545 g/mol. The van der Waals surface area contributed by atoms with E-state index < -0.39 is 17.7 Å². The maximum absolute atomic E-state index is 14.1. The third-order valence-electron chi connectivity index (χ3n) is 7.43. The molecular formula is C31H35N3O4S. The molecule has 3 heterocycles. The standard InChI is InChI=1S/C31H35N3O4S/c1-20-28(39-29(32-20)22-8-6-5-7-9-22)26(35)24-25(21-10-12-23(13-11-21)31(2,3)4)34(30(37)27(24)36)15-14-33-16-18-38-19-17-33/h5-13,25,36H,14-19H2,1-4H3. The minimum absolute atomic E-state index is 0.0374. The predicted octanol–water partition coefficient (Wildman–Crippen LogP) is 5.33. The van der Waals surface area contributed by atoms with Crippen LogP contribution in [0.25, 0.3) is 10.6 Å². The lowest BCUT2D eigenvalue weighted by atomic mass is 9.85. The zero-order chi connectivity index (χ0) is 27.7. The second-order valence-electron chi connectivity index (χ2n) is 11.1. The van der Waals surface area contributed by atoms with Gasteiger partial charge in [0.2, 0.25) is 5.78 Å². The van der Waals surface area contributed by atoms with Crippen LogP contribution in [0.1, 0.15) is 53.3 Å². The van der Waals surface area contributed by atoms with Crippen molar-refractivity contribution in [1.82, 2.24) is 14.8 Å². The molecule has 1 aromatic heterocycles. The molecule has 7 nitrogen and oxygen atoms in total. The molecule has 3 aromatic rings. The predicted molar refractivity (Wildman–Crippen MR) is 153 cm³/mol. The molecule has 2 aliphatic rings. The molecule has 1 fully saturated rings. The molecule has 1 N–H and O–H groups in total. The van der Waals surface area contributed by atoms with Crippen LogP contribution in [-0.4, -0.2) is 71.0 Å². The van der Waals surface area contributed by atoms with Crippen LogP contribution in [0.3, 0.4) is 0 Å². The van der Waals surface area contributed by atoms with Gasteiger partial charge < -0.3 is 14.7 Å². The Morgan fingerprint density at radius 1 is 1.05 bits per heavy atom. The van der Waals surface area contributed by atoms with Crippen molar-refractivity contribution in [3.8, 4) is 10.6 Å². The summed E-state index contributed by atoms with van der Waals surface area (Å²) >= 11 is 1.29. The fourth-order valence-electron chi connectivity index (χ4n) is 5.14. The van der Waals surface area contributed by atoms with Crippen LogP contribution >= 0.6 is 11.3 Å². The Bertz CT molecular complexity index is 1380. The lowest BCUT2D eigenvalue weighted by Gasteiger charge is -2.32. The van der Waals surface area contributed by atoms with Crippen molar-refractivity contribution in [1.29, 1.82) is 0 Å². The number of nitrogens with zero attached hydrogens (tertiary/aromatic N) is 3. The molecule has 1 amide bonds. The first-order valence-corrected chi connectivity index (χ1v) is 14.2. The lowest BCUT2D eigenvalue weighted by Crippen LogP contribution is -2.43. The summed E-state index contributed by atoms with van der Waals surface area (Å²) in [5, 5.41) is 11.9. The highest BCUT2D eigenvalue weighted by molar-refractivity contribution is 7.17. The van der Waals surface area contributed by atoms with Crippen molar-refractivity contribution in [2.24, 2.45) is 0 Å². The summed E-state index contributed by atoms with van der Waals surface area (Å²) < 4.78 is 5.46. The second-order valence-corrected chi connectivity index (χ2v) is 12.1. The van der Waals surface area contributed by atoms with Crippen LogP contribution in [-0.2, 0) is 14.9 Å². The normalized spacial score (nSPS) is 18.7. The molecule has 1 saturated heterocycles. The quantitative estimate of drug-likeness (QED) is 0.405. The number of hydrogen-bond acceptors (Lipinski definition) is 7. The number of amides is 1. The Morgan fingerprint density at radius 3 is 2.36 bits per heavy atom. The van der Waals surface area contributed by atoms with Gasteiger partial charge in [-0.3, -0.25) is 14.5 Å². The summed E-state index contributed by atoms with van der Waals surface area (Å²) in [6, 6.07) is 17.1. The summed E-state index contributed by atoms with van der Waals surface area (Å²) in [5.74, 6) is -1.33. The van der Waals surface area contributed by atoms with E-state index in [1.165, 1.54) is 11.3 Å². The molecule has 39 heavy (non-hydrogen) atoms. The first-order chi connectivity index (χ1) is 18.6. The number of ketones is 1. The highest BCUT2D eigenvalue weighted by Gasteiger charge is 2.44. The smallest absolute Gasteiger partial charge is 0.290 e. The van der Waals surface area contributed by atoms with Gasteiger partial charge in [-0.2, -0.15) is 0 Å². The fraction of sp³-hybridized carbons (Fsp3) is 0.387. The van der Waals surface area contributed by atoms with Crippen LogP contribution in [0.15, 0.2) is 65.9 Å². The summed E-state index contributed by atoms with van der Waals surface area (Å²) in [6.45, 7) is 12.2. The number of aromatic nitrogens is 1. The van der Waals surface area contributed by atoms with E-state index in [2.05, 4.69) is 30.7 Å². The van der Waals surface area contributed by atoms with Gasteiger partial charge in [-0.1, -0.05) is 75.4 Å². The number of ether oxygens (including phenoxy) is 1. The number of thiazole rings is 1. The number of aliphatic hydroxyl groups excluding tert-OH is 1. The van der Waals surface area contributed by atoms with E-state index in [9.17, 15) is 14.7 Å². The average molecular weight is 546 g/mol. The van der Waals surface area contributed by atoms with Gasteiger partial charge in [0, 0.05) is 31.7 Å². The van der Waals surface area contributed by atoms with E-state index in [0.29, 0.717) is 36.9 Å². The van der Waals surface area contributed by atoms with Crippen molar-refractivity contribution >= 4 is 23.0 Å². The first kappa shape index (κ1) is 27.2. The summed E-state index contributed by atoms with van der Waals surface area (Å²) in [7, 11) is 0. The number of morpholine rings is 1. The van der Waals surface area contributed by atoms with E-state index in [1.807, 2.05) is 54.6 Å². The lowest BCUT2D eigenvalue weighted by molar-refractivity contribution is -0.129. The first-order valence-electron chi connectivity index (χ1n) is 13.4. The third kappa shape index (κ3) is 5.55. The molecule has 0 bridgehead atoms. The Labute approximate surface area is 233 Å². The molecule has 0 saturated carbocycles. The zero-order valence-corrected chi connectivity index (χ0v) is 23.8. The number of Topliss-reactive ketones (excluding diaryl/α,β-unsaturated/α-hetero) is 1. The number of aliphatic hydroxyl groups is 1. The molecule has 204 valence electrons. The SMILES string of the molecule is Cc1nc(-c2ccccc2)sc1C(=O)C1=C(O)C(=O)N(CCN2CCOCC2)C1c1ccc(C(C)(C)C)cc1. The van der Waals surface area contributed by atoms with Crippen LogP contribution in [0.2, 0.25) is 0 Å². The van der Waals surface area contributed by atoms with Gasteiger partial charge in [0.1, 0.15) is 5.01 Å². The Balaban J connectivity index is 1.51. The van der Waals surface area contributed by atoms with Gasteiger partial charge in [-0.05, 0) is 23.5 Å². The van der Waals surface area contributed by atoms with Crippen LogP contribution in [0.5, 0.6) is 0 Å². The van der Waals surface area contributed by atoms with Crippen molar-refractivity contribution in [3.63, 3.8) is 0 Å². The molecular weight excluding hydrogens is 510 g/mol. The molecule has 1 unspecified atom stereocenters. The highest BCUT2D eigenvalue weighted by atomic mass is 32.1. The maximum atomic E-state index is 14.1. The molecule has 1 atom stereocenters. The molecule has 5 rings (SSSR count). The third-order valence-corrected chi connectivity index (χ3v) is 8.63. The molecule has 8 heteroatoms. The van der Waals surface area contributed by atoms with E-state index >= 15 is 0 Å². The second kappa shape index (κ2) is 11.0. The maximum Gasteiger partial charge on any atom is 0.290 e. The number of aryl methyl sites for hydroxylation is 1. The van der Waals surface area contributed by atoms with E-state index in [0.717, 1.165) is 34.8 Å². The van der Waals surface area contributed by atoms with Crippen molar-refractivity contribution in [2.45, 2.75) is 39.2 Å². The summed E-state index contributed by atoms with van der Waals surface area (Å²) in [5.41, 5.74) is 3.55. The van der Waals surface area contributed by atoms with Gasteiger partial charge in [0.25, 0.3) is 5.91 Å². The highest BCUT2D eigenvalue weighted by Crippen LogP contribution is 2.41. The summed E-state index contributed by atoms with van der Waals surface area (Å²) in [4.78, 5) is 36.5. The van der Waals surface area contributed by atoms with Crippen LogP contribution in [0.4, 0.5) is 0 Å². The van der Waals surface area contributed by atoms with Crippen LogP contribution in [0, 0.1) is 6.92 Å². The molecule has 0 spiro atoms. The fourth-order valence-corrected chi connectivity index (χ4v) is 6.16. The van der Waals surface area contributed by atoms with E-state index in [4.69, 9.17) is 4.74 Å². The van der Waals surface area contributed by atoms with E-state index in [-0.39, 0.29) is 16.8 Å². The van der Waals surface area contributed by atoms with Gasteiger partial charge in [-0.25, -0.2) is 4.98 Å². The molecule has 2 aromatic carbocycles. The largest absolute Gasteiger partial charge is 0.503 e. The topological polar surface area (TPSA) is 83.0 Å². The van der Waals surface area contributed by atoms with Crippen molar-refractivity contribution in [3.05, 3.63) is 87.6 Å². The number of carbonyl (C=O) groups is 2. The molecule has 0 aliphatic carbocycles. The van der Waals surface area contributed by atoms with Gasteiger partial charge in [0.05, 0.1) is 35.4 Å². The number of rotatable bonds is 7. The molecule has 0 radical (unpaired) electrons. The van der Waals surface area contributed by atoms with E-state index in [1.54, 1.807) is 11.8 Å². The molecule has 2 aliphatic heterocycles. The van der Waals surface area contributed by atoms with Crippen LogP contribution < -0.4 is 0 Å². The summed E-state index contributed by atoms with van der Waals surface area (Å²) in [6.07, 6.45) is 0. The van der Waals surface area contributed by atoms with Crippen molar-refractivity contribution in [2.75, 3.05) is 39.4 Å². The van der Waals surface area contributed by atoms with Crippen molar-refractivity contribution < 1.29 is 19.4 Å². The zero-order valence-electron chi connectivity index (χ0n) is 22.9. The number of carbonyl (C=O) groups excluding carboxylic acids is 2. The average Bonchev–Trinajstić information content (AvgIpc) is 3.45. The Kier molecular flexibility index (Phi) is 7.71. The van der Waals surface area contributed by atoms with Gasteiger partial charge >= 0.3 is 0 Å². The van der Waals surface area contributed by atoms with Gasteiger partial charge in [0.15, 0.2) is 5.76 Å². The Hall–Kier alpha value is -3.33. The minimum atomic E-state index is -0.679.